The first-order valence-corrected chi connectivity index (χ1v) is 9.27. The van der Waals surface area contributed by atoms with Crippen molar-refractivity contribution in [3.8, 4) is 0 Å². The van der Waals surface area contributed by atoms with Crippen LogP contribution in [0.5, 0.6) is 0 Å². The third-order valence-electron chi connectivity index (χ3n) is 5.12. The predicted molar refractivity (Wildman–Crippen MR) is 97.6 cm³/mol. The van der Waals surface area contributed by atoms with Crippen molar-refractivity contribution >= 4 is 17.8 Å². The molecule has 0 bridgehead atoms. The van der Waals surface area contributed by atoms with E-state index in [1.165, 1.54) is 5.56 Å². The molecule has 2 aliphatic heterocycles. The van der Waals surface area contributed by atoms with Crippen LogP contribution in [0.15, 0.2) is 30.3 Å². The lowest BCUT2D eigenvalue weighted by atomic mass is 9.89. The van der Waals surface area contributed by atoms with Gasteiger partial charge in [0, 0.05) is 19.5 Å². The zero-order valence-electron chi connectivity index (χ0n) is 14.9. The third kappa shape index (κ3) is 5.05. The molecule has 0 unspecified atom stereocenters. The van der Waals surface area contributed by atoms with E-state index < -0.39 is 12.1 Å². The molecule has 0 saturated carbocycles. The minimum absolute atomic E-state index is 0.170. The lowest BCUT2D eigenvalue weighted by molar-refractivity contribution is -0.123. The number of carbonyl (C=O) groups is 3. The van der Waals surface area contributed by atoms with E-state index in [1.807, 2.05) is 6.07 Å². The highest BCUT2D eigenvalue weighted by molar-refractivity contribution is 5.98. The fraction of sp³-hybridized carbons (Fsp3) is 0.526. The van der Waals surface area contributed by atoms with Crippen LogP contribution < -0.4 is 16.0 Å². The Morgan fingerprint density at radius 1 is 1.12 bits per heavy atom. The summed E-state index contributed by atoms with van der Waals surface area (Å²) in [6.45, 7) is 3.38. The van der Waals surface area contributed by atoms with Gasteiger partial charge in [-0.25, -0.2) is 4.79 Å². The molecule has 1 atom stereocenters. The number of nitrogens with zero attached hydrogens (tertiary/aromatic N) is 1. The number of hydrogen-bond donors (Lipinski definition) is 3. The van der Waals surface area contributed by atoms with Crippen molar-refractivity contribution in [3.05, 3.63) is 35.9 Å². The van der Waals surface area contributed by atoms with Crippen molar-refractivity contribution in [3.63, 3.8) is 0 Å². The standard InChI is InChI=1S/C19H26N4O3/c24-17-7-6-16(21-19(26)22-17)18(25)20-10-13-23-11-8-15(9-12-23)14-4-2-1-3-5-14/h1-5,15-16H,6-13H2,(H,20,25)(H2,21,22,24,26)/t16-/m1/s1. The number of benzene rings is 1. The highest BCUT2D eigenvalue weighted by Gasteiger charge is 2.26. The molecule has 7 heteroatoms. The van der Waals surface area contributed by atoms with E-state index in [9.17, 15) is 14.4 Å². The largest absolute Gasteiger partial charge is 0.353 e. The molecular formula is C19H26N4O3. The van der Waals surface area contributed by atoms with Gasteiger partial charge in [0.1, 0.15) is 6.04 Å². The zero-order chi connectivity index (χ0) is 18.4. The average Bonchev–Trinajstić information content (AvgIpc) is 2.83. The van der Waals surface area contributed by atoms with Crippen molar-refractivity contribution in [2.45, 2.75) is 37.6 Å². The van der Waals surface area contributed by atoms with Crippen LogP contribution in [0.1, 0.15) is 37.2 Å². The van der Waals surface area contributed by atoms with E-state index in [1.54, 1.807) is 0 Å². The molecule has 0 spiro atoms. The van der Waals surface area contributed by atoms with Crippen LogP contribution in [0, 0.1) is 0 Å². The van der Waals surface area contributed by atoms with Gasteiger partial charge in [0.25, 0.3) is 0 Å². The molecule has 140 valence electrons. The number of piperidine rings is 1. The van der Waals surface area contributed by atoms with Crippen LogP contribution in [0.4, 0.5) is 4.79 Å². The molecule has 4 amide bonds. The Labute approximate surface area is 153 Å². The molecule has 2 fully saturated rings. The van der Waals surface area contributed by atoms with Gasteiger partial charge >= 0.3 is 6.03 Å². The highest BCUT2D eigenvalue weighted by Crippen LogP contribution is 2.27. The quantitative estimate of drug-likeness (QED) is 0.732. The zero-order valence-corrected chi connectivity index (χ0v) is 14.9. The van der Waals surface area contributed by atoms with E-state index in [2.05, 4.69) is 45.1 Å². The number of urea groups is 1. The van der Waals surface area contributed by atoms with Crippen molar-refractivity contribution in [2.24, 2.45) is 0 Å². The van der Waals surface area contributed by atoms with Crippen molar-refractivity contribution in [2.75, 3.05) is 26.2 Å². The predicted octanol–water partition coefficient (Wildman–Crippen LogP) is 0.970. The molecule has 2 heterocycles. The third-order valence-corrected chi connectivity index (χ3v) is 5.12. The lowest BCUT2D eigenvalue weighted by Gasteiger charge is -2.32. The van der Waals surface area contributed by atoms with Gasteiger partial charge in [-0.1, -0.05) is 30.3 Å². The van der Waals surface area contributed by atoms with Gasteiger partial charge in [0.05, 0.1) is 0 Å². The molecule has 0 aliphatic carbocycles. The minimum atomic E-state index is -0.648. The van der Waals surface area contributed by atoms with E-state index in [-0.39, 0.29) is 18.2 Å². The minimum Gasteiger partial charge on any atom is -0.353 e. The summed E-state index contributed by atoms with van der Waals surface area (Å²) in [4.78, 5) is 37.3. The number of rotatable bonds is 5. The van der Waals surface area contributed by atoms with Gasteiger partial charge in [0.2, 0.25) is 11.8 Å². The van der Waals surface area contributed by atoms with Gasteiger partial charge in [0.15, 0.2) is 0 Å². The molecule has 1 aromatic rings. The van der Waals surface area contributed by atoms with E-state index >= 15 is 0 Å². The van der Waals surface area contributed by atoms with Crippen LogP contribution >= 0.6 is 0 Å². The topological polar surface area (TPSA) is 90.5 Å². The summed E-state index contributed by atoms with van der Waals surface area (Å²) in [5.74, 6) is 0.0430. The maximum Gasteiger partial charge on any atom is 0.322 e. The molecule has 2 aliphatic rings. The van der Waals surface area contributed by atoms with Crippen molar-refractivity contribution in [1.82, 2.24) is 20.9 Å². The molecule has 0 radical (unpaired) electrons. The normalized spacial score (nSPS) is 22.2. The van der Waals surface area contributed by atoms with Crippen molar-refractivity contribution < 1.29 is 14.4 Å². The maximum atomic E-state index is 12.2. The Morgan fingerprint density at radius 2 is 1.85 bits per heavy atom. The summed E-state index contributed by atoms with van der Waals surface area (Å²) in [7, 11) is 0. The summed E-state index contributed by atoms with van der Waals surface area (Å²) in [6.07, 6.45) is 2.75. The van der Waals surface area contributed by atoms with Gasteiger partial charge in [-0.3, -0.25) is 14.9 Å². The molecule has 7 nitrogen and oxygen atoms in total. The fourth-order valence-corrected chi connectivity index (χ4v) is 3.60. The Morgan fingerprint density at radius 3 is 2.58 bits per heavy atom. The Kier molecular flexibility index (Phi) is 6.22. The SMILES string of the molecule is O=C1CC[C@H](C(=O)NCCN2CCC(c3ccccc3)CC2)NC(=O)N1. The molecule has 1 aromatic carbocycles. The van der Waals surface area contributed by atoms with Crippen LogP contribution in [0.3, 0.4) is 0 Å². The molecule has 0 aromatic heterocycles. The Bertz CT molecular complexity index is 641. The summed E-state index contributed by atoms with van der Waals surface area (Å²) in [5, 5.41) is 7.57. The summed E-state index contributed by atoms with van der Waals surface area (Å²) >= 11 is 0. The van der Waals surface area contributed by atoms with Gasteiger partial charge < -0.3 is 15.5 Å². The lowest BCUT2D eigenvalue weighted by Crippen LogP contribution is -2.49. The van der Waals surface area contributed by atoms with E-state index in [4.69, 9.17) is 0 Å². The first-order chi connectivity index (χ1) is 12.6. The van der Waals surface area contributed by atoms with Crippen LogP contribution in [-0.2, 0) is 9.59 Å². The molecular weight excluding hydrogens is 332 g/mol. The first-order valence-electron chi connectivity index (χ1n) is 9.27. The van der Waals surface area contributed by atoms with Gasteiger partial charge in [-0.2, -0.15) is 0 Å². The average molecular weight is 358 g/mol. The van der Waals surface area contributed by atoms with Gasteiger partial charge in [-0.15, -0.1) is 0 Å². The van der Waals surface area contributed by atoms with E-state index in [0.717, 1.165) is 32.5 Å². The molecule has 26 heavy (non-hydrogen) atoms. The number of nitrogens with one attached hydrogen (secondary N) is 3. The fourth-order valence-electron chi connectivity index (χ4n) is 3.60. The molecule has 3 N–H and O–H groups in total. The second kappa shape index (κ2) is 8.80. The summed E-state index contributed by atoms with van der Waals surface area (Å²) < 4.78 is 0. The maximum absolute atomic E-state index is 12.2. The Hall–Kier alpha value is -2.41. The number of hydrogen-bond acceptors (Lipinski definition) is 4. The first kappa shape index (κ1) is 18.4. The second-order valence-electron chi connectivity index (χ2n) is 6.93. The van der Waals surface area contributed by atoms with Crippen molar-refractivity contribution in [1.29, 1.82) is 0 Å². The summed E-state index contributed by atoms with van der Waals surface area (Å²) in [5.41, 5.74) is 1.41. The van der Waals surface area contributed by atoms with Crippen LogP contribution in [0.25, 0.3) is 0 Å². The van der Waals surface area contributed by atoms with Crippen LogP contribution in [-0.4, -0.2) is 55.0 Å². The highest BCUT2D eigenvalue weighted by atomic mass is 16.2. The summed E-state index contributed by atoms with van der Waals surface area (Å²) in [6, 6.07) is 9.37. The number of likely N-dealkylation sites (tertiary alicyclic amines) is 1. The van der Waals surface area contributed by atoms with Crippen LogP contribution in [0.2, 0.25) is 0 Å². The number of imide groups is 1. The smallest absolute Gasteiger partial charge is 0.322 e. The van der Waals surface area contributed by atoms with Gasteiger partial charge in [-0.05, 0) is 43.8 Å². The second-order valence-corrected chi connectivity index (χ2v) is 6.93. The van der Waals surface area contributed by atoms with E-state index in [0.29, 0.717) is 18.9 Å². The Balaban J connectivity index is 1.37. The molecule has 3 rings (SSSR count). The number of amides is 4. The monoisotopic (exact) mass is 358 g/mol. The number of carbonyl (C=O) groups excluding carboxylic acids is 3. The molecule has 2 saturated heterocycles.